The SMILES string of the molecule is CCOC(=O)Cc1ccc(Br)cc1OCc1cc(-c2cccc(CNC(=O)OC(C)(C)C)c2)c2occ(C)c2c1. The predicted octanol–water partition coefficient (Wildman–Crippen LogP) is 7.88. The number of carbonyl (C=O) groups excluding carboxylic acids is 2. The number of carbonyl (C=O) groups is 2. The Morgan fingerprint density at radius 2 is 1.82 bits per heavy atom. The molecule has 0 fully saturated rings. The van der Waals surface area contributed by atoms with Crippen LogP contribution in [0.4, 0.5) is 4.79 Å². The van der Waals surface area contributed by atoms with Crippen LogP contribution in [0.1, 0.15) is 49.9 Å². The van der Waals surface area contributed by atoms with E-state index in [2.05, 4.69) is 33.4 Å². The van der Waals surface area contributed by atoms with E-state index in [4.69, 9.17) is 18.6 Å². The number of esters is 1. The molecule has 0 radical (unpaired) electrons. The van der Waals surface area contributed by atoms with Crippen LogP contribution in [-0.2, 0) is 33.8 Å². The van der Waals surface area contributed by atoms with Gasteiger partial charge < -0.3 is 23.9 Å². The van der Waals surface area contributed by atoms with Crippen molar-refractivity contribution in [1.82, 2.24) is 5.32 Å². The fraction of sp³-hybridized carbons (Fsp3) is 0.312. The molecule has 3 aromatic carbocycles. The lowest BCUT2D eigenvalue weighted by Gasteiger charge is -2.19. The van der Waals surface area contributed by atoms with Crippen molar-refractivity contribution in [3.8, 4) is 16.9 Å². The first-order chi connectivity index (χ1) is 19.0. The van der Waals surface area contributed by atoms with Gasteiger partial charge in [0.05, 0.1) is 19.3 Å². The number of hydrogen-bond acceptors (Lipinski definition) is 6. The minimum Gasteiger partial charge on any atom is -0.489 e. The summed E-state index contributed by atoms with van der Waals surface area (Å²) in [5.74, 6) is 0.316. The van der Waals surface area contributed by atoms with Crippen molar-refractivity contribution in [2.45, 2.75) is 59.8 Å². The molecule has 210 valence electrons. The molecule has 0 bridgehead atoms. The maximum Gasteiger partial charge on any atom is 0.407 e. The summed E-state index contributed by atoms with van der Waals surface area (Å²) in [6.07, 6.45) is 1.42. The first-order valence-corrected chi connectivity index (χ1v) is 14.0. The van der Waals surface area contributed by atoms with Crippen LogP contribution in [0.5, 0.6) is 5.75 Å². The zero-order chi connectivity index (χ0) is 28.9. The second kappa shape index (κ2) is 12.6. The number of amides is 1. The number of benzene rings is 3. The van der Waals surface area contributed by atoms with Crippen molar-refractivity contribution < 1.29 is 28.2 Å². The van der Waals surface area contributed by atoms with Crippen LogP contribution in [0.3, 0.4) is 0 Å². The summed E-state index contributed by atoms with van der Waals surface area (Å²) in [5, 5.41) is 3.81. The molecular weight excluding hydrogens is 574 g/mol. The second-order valence-corrected chi connectivity index (χ2v) is 11.4. The standard InChI is InChI=1S/C32H34BrNO6/c1-6-37-29(35)15-24-10-11-25(33)16-28(24)38-19-22-13-26-20(2)18-39-30(26)27(14-22)23-9-7-8-21(12-23)17-34-31(36)40-32(3,4)5/h7-14,16,18H,6,15,17,19H2,1-5H3,(H,34,36). The molecule has 0 atom stereocenters. The molecule has 1 N–H and O–H groups in total. The number of nitrogens with one attached hydrogen (secondary N) is 1. The van der Waals surface area contributed by atoms with E-state index in [0.29, 0.717) is 25.5 Å². The summed E-state index contributed by atoms with van der Waals surface area (Å²) < 4.78 is 23.5. The largest absolute Gasteiger partial charge is 0.489 e. The minimum absolute atomic E-state index is 0.131. The minimum atomic E-state index is -0.563. The van der Waals surface area contributed by atoms with Gasteiger partial charge in [0.1, 0.15) is 23.5 Å². The van der Waals surface area contributed by atoms with Gasteiger partial charge in [-0.25, -0.2) is 4.79 Å². The molecule has 1 aromatic heterocycles. The molecule has 4 rings (SSSR count). The number of furan rings is 1. The zero-order valence-corrected chi connectivity index (χ0v) is 25.0. The lowest BCUT2D eigenvalue weighted by molar-refractivity contribution is -0.142. The summed E-state index contributed by atoms with van der Waals surface area (Å²) in [5.41, 5.74) is 5.75. The van der Waals surface area contributed by atoms with E-state index in [-0.39, 0.29) is 12.4 Å². The van der Waals surface area contributed by atoms with Crippen LogP contribution in [0, 0.1) is 6.92 Å². The number of hydrogen-bond donors (Lipinski definition) is 1. The lowest BCUT2D eigenvalue weighted by atomic mass is 9.98. The van der Waals surface area contributed by atoms with Crippen LogP contribution < -0.4 is 10.1 Å². The molecule has 0 aliphatic rings. The predicted molar refractivity (Wildman–Crippen MR) is 158 cm³/mol. The molecule has 8 heteroatoms. The normalized spacial score (nSPS) is 11.3. The molecule has 1 amide bonds. The highest BCUT2D eigenvalue weighted by Crippen LogP contribution is 2.34. The van der Waals surface area contributed by atoms with Gasteiger partial charge in [-0.2, -0.15) is 0 Å². The molecule has 4 aromatic rings. The Kier molecular flexibility index (Phi) is 9.20. The van der Waals surface area contributed by atoms with Crippen molar-refractivity contribution in [3.05, 3.63) is 87.6 Å². The molecule has 0 saturated carbocycles. The van der Waals surface area contributed by atoms with E-state index < -0.39 is 11.7 Å². The van der Waals surface area contributed by atoms with Gasteiger partial charge in [0.2, 0.25) is 0 Å². The maximum absolute atomic E-state index is 12.1. The summed E-state index contributed by atoms with van der Waals surface area (Å²) in [6.45, 7) is 10.2. The van der Waals surface area contributed by atoms with Gasteiger partial charge in [-0.15, -0.1) is 0 Å². The highest BCUT2D eigenvalue weighted by Gasteiger charge is 2.17. The molecular formula is C32H34BrNO6. The Morgan fingerprint density at radius 1 is 1.02 bits per heavy atom. The van der Waals surface area contributed by atoms with Gasteiger partial charge in [-0.1, -0.05) is 40.2 Å². The molecule has 0 aliphatic heterocycles. The van der Waals surface area contributed by atoms with Crippen molar-refractivity contribution in [2.75, 3.05) is 6.61 Å². The summed E-state index contributed by atoms with van der Waals surface area (Å²) in [7, 11) is 0. The lowest BCUT2D eigenvalue weighted by Crippen LogP contribution is -2.32. The van der Waals surface area contributed by atoms with E-state index >= 15 is 0 Å². The monoisotopic (exact) mass is 607 g/mol. The van der Waals surface area contributed by atoms with Gasteiger partial charge in [-0.05, 0) is 87.2 Å². The van der Waals surface area contributed by atoms with Crippen molar-refractivity contribution in [3.63, 3.8) is 0 Å². The Morgan fingerprint density at radius 3 is 2.58 bits per heavy atom. The first kappa shape index (κ1) is 29.2. The zero-order valence-electron chi connectivity index (χ0n) is 23.4. The van der Waals surface area contributed by atoms with Crippen LogP contribution in [0.25, 0.3) is 22.1 Å². The Balaban J connectivity index is 1.59. The average Bonchev–Trinajstić information content (AvgIpc) is 3.27. The van der Waals surface area contributed by atoms with Gasteiger partial charge in [0, 0.05) is 27.5 Å². The maximum atomic E-state index is 12.1. The second-order valence-electron chi connectivity index (χ2n) is 10.5. The summed E-state index contributed by atoms with van der Waals surface area (Å²) in [6, 6.07) is 17.7. The molecule has 7 nitrogen and oxygen atoms in total. The number of halogens is 1. The Hall–Kier alpha value is -3.78. The van der Waals surface area contributed by atoms with Crippen LogP contribution in [0.2, 0.25) is 0 Å². The number of ether oxygens (including phenoxy) is 3. The van der Waals surface area contributed by atoms with Crippen LogP contribution in [-0.4, -0.2) is 24.3 Å². The van der Waals surface area contributed by atoms with E-state index in [0.717, 1.165) is 48.8 Å². The third-order valence-electron chi connectivity index (χ3n) is 6.06. The summed E-state index contributed by atoms with van der Waals surface area (Å²) >= 11 is 3.50. The van der Waals surface area contributed by atoms with E-state index in [1.807, 2.05) is 70.2 Å². The molecule has 0 unspecified atom stereocenters. The van der Waals surface area contributed by atoms with Crippen LogP contribution in [0.15, 0.2) is 69.8 Å². The van der Waals surface area contributed by atoms with Gasteiger partial charge in [0.15, 0.2) is 0 Å². The number of fused-ring (bicyclic) bond motifs is 1. The van der Waals surface area contributed by atoms with E-state index in [9.17, 15) is 9.59 Å². The topological polar surface area (TPSA) is 87.0 Å². The molecule has 0 aliphatic carbocycles. The number of rotatable bonds is 9. The van der Waals surface area contributed by atoms with Crippen molar-refractivity contribution >= 4 is 39.0 Å². The molecule has 40 heavy (non-hydrogen) atoms. The third-order valence-corrected chi connectivity index (χ3v) is 6.56. The number of aryl methyl sites for hydroxylation is 1. The first-order valence-electron chi connectivity index (χ1n) is 13.2. The van der Waals surface area contributed by atoms with Crippen molar-refractivity contribution in [1.29, 1.82) is 0 Å². The molecule has 0 saturated heterocycles. The third kappa shape index (κ3) is 7.66. The average molecular weight is 609 g/mol. The smallest absolute Gasteiger partial charge is 0.407 e. The molecule has 0 spiro atoms. The van der Waals surface area contributed by atoms with E-state index in [1.165, 1.54) is 0 Å². The highest BCUT2D eigenvalue weighted by atomic mass is 79.9. The highest BCUT2D eigenvalue weighted by molar-refractivity contribution is 9.10. The summed E-state index contributed by atoms with van der Waals surface area (Å²) in [4.78, 5) is 24.3. The van der Waals surface area contributed by atoms with Gasteiger partial charge >= 0.3 is 12.1 Å². The number of alkyl carbamates (subject to hydrolysis) is 1. The quantitative estimate of drug-likeness (QED) is 0.195. The van der Waals surface area contributed by atoms with E-state index in [1.54, 1.807) is 13.2 Å². The van der Waals surface area contributed by atoms with Gasteiger partial charge in [-0.3, -0.25) is 4.79 Å². The van der Waals surface area contributed by atoms with Crippen molar-refractivity contribution in [2.24, 2.45) is 0 Å². The Labute approximate surface area is 242 Å². The Bertz CT molecular complexity index is 1520. The van der Waals surface area contributed by atoms with Gasteiger partial charge in [0.25, 0.3) is 0 Å². The fourth-order valence-electron chi connectivity index (χ4n) is 4.29. The molecule has 1 heterocycles. The van der Waals surface area contributed by atoms with Crippen LogP contribution >= 0.6 is 15.9 Å². The fourth-order valence-corrected chi connectivity index (χ4v) is 4.63.